The zero-order valence-electron chi connectivity index (χ0n) is 10.6. The molecular formula is C12H24N2O2. The molecule has 0 heterocycles. The highest BCUT2D eigenvalue weighted by Crippen LogP contribution is 2.19. The molecule has 2 unspecified atom stereocenters. The molecule has 4 heteroatoms. The van der Waals surface area contributed by atoms with Crippen LogP contribution in [0.3, 0.4) is 0 Å². The molecule has 0 bridgehead atoms. The predicted molar refractivity (Wildman–Crippen MR) is 64.2 cm³/mol. The first-order chi connectivity index (χ1) is 7.37. The third-order valence-electron chi connectivity index (χ3n) is 2.71. The number of carbonyl (C=O) groups excluding carboxylic acids is 1. The van der Waals surface area contributed by atoms with Gasteiger partial charge in [-0.3, -0.25) is 0 Å². The van der Waals surface area contributed by atoms with Gasteiger partial charge in [-0.25, -0.2) is 4.79 Å². The number of rotatable bonds is 1. The summed E-state index contributed by atoms with van der Waals surface area (Å²) in [6.45, 7) is 5.83. The smallest absolute Gasteiger partial charge is 0.407 e. The van der Waals surface area contributed by atoms with Crippen molar-refractivity contribution in [2.75, 3.05) is 0 Å². The molecule has 16 heavy (non-hydrogen) atoms. The number of amides is 1. The lowest BCUT2D eigenvalue weighted by Gasteiger charge is -2.23. The standard InChI is InChI=1S/C12H24N2O2/c1-12(2,3)14-11(15)16-10-6-4-5-9(13)7-8-10/h9-10H,4-8,13H2,1-3H3,(H,14,15). The normalized spacial score (nSPS) is 27.0. The highest BCUT2D eigenvalue weighted by atomic mass is 16.6. The summed E-state index contributed by atoms with van der Waals surface area (Å²) in [4.78, 5) is 11.6. The van der Waals surface area contributed by atoms with Crippen molar-refractivity contribution < 1.29 is 9.53 Å². The number of carbonyl (C=O) groups is 1. The molecule has 1 aliphatic carbocycles. The van der Waals surface area contributed by atoms with Crippen molar-refractivity contribution in [3.8, 4) is 0 Å². The summed E-state index contributed by atoms with van der Waals surface area (Å²) in [6, 6.07) is 0.277. The van der Waals surface area contributed by atoms with Gasteiger partial charge < -0.3 is 15.8 Å². The fourth-order valence-corrected chi connectivity index (χ4v) is 1.90. The van der Waals surface area contributed by atoms with E-state index in [2.05, 4.69) is 5.32 Å². The minimum atomic E-state index is -0.312. The molecule has 1 rings (SSSR count). The van der Waals surface area contributed by atoms with Gasteiger partial charge in [0.05, 0.1) is 0 Å². The average Bonchev–Trinajstić information content (AvgIpc) is 2.27. The predicted octanol–water partition coefficient (Wildman–Crippen LogP) is 2.17. The minimum absolute atomic E-state index is 0.0379. The fourth-order valence-electron chi connectivity index (χ4n) is 1.90. The maximum absolute atomic E-state index is 11.6. The Morgan fingerprint density at radius 1 is 1.25 bits per heavy atom. The van der Waals surface area contributed by atoms with Gasteiger partial charge in [-0.2, -0.15) is 0 Å². The van der Waals surface area contributed by atoms with E-state index in [0.717, 1.165) is 32.1 Å². The lowest BCUT2D eigenvalue weighted by molar-refractivity contribution is 0.0827. The summed E-state index contributed by atoms with van der Waals surface area (Å²) >= 11 is 0. The Balaban J connectivity index is 2.33. The van der Waals surface area contributed by atoms with Crippen LogP contribution < -0.4 is 11.1 Å². The van der Waals surface area contributed by atoms with Crippen LogP contribution in [0.5, 0.6) is 0 Å². The Morgan fingerprint density at radius 3 is 2.56 bits per heavy atom. The Morgan fingerprint density at radius 2 is 1.94 bits per heavy atom. The van der Waals surface area contributed by atoms with Gasteiger partial charge in [-0.15, -0.1) is 0 Å². The van der Waals surface area contributed by atoms with Crippen LogP contribution in [0.15, 0.2) is 0 Å². The van der Waals surface area contributed by atoms with E-state index in [-0.39, 0.29) is 23.8 Å². The van der Waals surface area contributed by atoms with Crippen molar-refractivity contribution in [1.82, 2.24) is 5.32 Å². The quantitative estimate of drug-likeness (QED) is 0.676. The SMILES string of the molecule is CC(C)(C)NC(=O)OC1CCCC(N)CC1. The van der Waals surface area contributed by atoms with Crippen molar-refractivity contribution in [2.45, 2.75) is 70.6 Å². The van der Waals surface area contributed by atoms with Gasteiger partial charge in [0, 0.05) is 11.6 Å². The van der Waals surface area contributed by atoms with Crippen molar-refractivity contribution >= 4 is 6.09 Å². The molecule has 1 saturated carbocycles. The summed E-state index contributed by atoms with van der Waals surface area (Å²) in [7, 11) is 0. The van der Waals surface area contributed by atoms with Crippen LogP contribution >= 0.6 is 0 Å². The van der Waals surface area contributed by atoms with Crippen molar-refractivity contribution in [1.29, 1.82) is 0 Å². The number of hydrogen-bond donors (Lipinski definition) is 2. The lowest BCUT2D eigenvalue weighted by Crippen LogP contribution is -2.42. The van der Waals surface area contributed by atoms with Gasteiger partial charge >= 0.3 is 6.09 Å². The third kappa shape index (κ3) is 5.35. The molecule has 0 aromatic heterocycles. The topological polar surface area (TPSA) is 64.3 Å². The highest BCUT2D eigenvalue weighted by molar-refractivity contribution is 5.68. The molecule has 4 nitrogen and oxygen atoms in total. The summed E-state index contributed by atoms with van der Waals surface area (Å²) in [5, 5.41) is 2.81. The van der Waals surface area contributed by atoms with Crippen LogP contribution in [0.4, 0.5) is 4.79 Å². The molecule has 0 spiro atoms. The van der Waals surface area contributed by atoms with Gasteiger partial charge in [0.25, 0.3) is 0 Å². The number of nitrogens with two attached hydrogens (primary N) is 1. The molecule has 0 aliphatic heterocycles. The first-order valence-electron chi connectivity index (χ1n) is 6.11. The van der Waals surface area contributed by atoms with Crippen molar-refractivity contribution in [3.63, 3.8) is 0 Å². The molecule has 0 aromatic rings. The zero-order valence-corrected chi connectivity index (χ0v) is 10.6. The lowest BCUT2D eigenvalue weighted by atomic mass is 10.1. The molecule has 0 aromatic carbocycles. The second-order valence-electron chi connectivity index (χ2n) is 5.67. The summed E-state index contributed by atoms with van der Waals surface area (Å²) in [5.41, 5.74) is 5.64. The van der Waals surface area contributed by atoms with Crippen LogP contribution in [-0.4, -0.2) is 23.8 Å². The summed E-state index contributed by atoms with van der Waals surface area (Å²) in [6.07, 6.45) is 4.59. The first-order valence-corrected chi connectivity index (χ1v) is 6.11. The van der Waals surface area contributed by atoms with E-state index in [1.165, 1.54) is 0 Å². The zero-order chi connectivity index (χ0) is 12.2. The third-order valence-corrected chi connectivity index (χ3v) is 2.71. The van der Waals surface area contributed by atoms with E-state index < -0.39 is 0 Å². The van der Waals surface area contributed by atoms with E-state index in [1.54, 1.807) is 0 Å². The largest absolute Gasteiger partial charge is 0.446 e. The number of ether oxygens (including phenoxy) is 1. The van der Waals surface area contributed by atoms with Crippen molar-refractivity contribution in [2.24, 2.45) is 5.73 Å². The van der Waals surface area contributed by atoms with Gasteiger partial charge in [-0.05, 0) is 52.9 Å². The van der Waals surface area contributed by atoms with Crippen LogP contribution in [0.1, 0.15) is 52.9 Å². The van der Waals surface area contributed by atoms with E-state index in [0.29, 0.717) is 0 Å². The van der Waals surface area contributed by atoms with Crippen LogP contribution in [0.2, 0.25) is 0 Å². The molecular weight excluding hydrogens is 204 g/mol. The maximum atomic E-state index is 11.6. The van der Waals surface area contributed by atoms with Gasteiger partial charge in [-0.1, -0.05) is 0 Å². The summed E-state index contributed by atoms with van der Waals surface area (Å²) < 4.78 is 5.39. The molecule has 1 fully saturated rings. The molecule has 0 saturated heterocycles. The summed E-state index contributed by atoms with van der Waals surface area (Å²) in [5.74, 6) is 0. The first kappa shape index (κ1) is 13.3. The minimum Gasteiger partial charge on any atom is -0.446 e. The highest BCUT2D eigenvalue weighted by Gasteiger charge is 2.21. The Hall–Kier alpha value is -0.770. The molecule has 1 amide bonds. The van der Waals surface area contributed by atoms with Crippen LogP contribution in [0.25, 0.3) is 0 Å². The van der Waals surface area contributed by atoms with E-state index in [1.807, 2.05) is 20.8 Å². The van der Waals surface area contributed by atoms with Crippen molar-refractivity contribution in [3.05, 3.63) is 0 Å². The monoisotopic (exact) mass is 228 g/mol. The number of alkyl carbamates (subject to hydrolysis) is 1. The molecule has 2 atom stereocenters. The maximum Gasteiger partial charge on any atom is 0.407 e. The van der Waals surface area contributed by atoms with Gasteiger partial charge in [0.1, 0.15) is 6.10 Å². The fraction of sp³-hybridized carbons (Fsp3) is 0.917. The van der Waals surface area contributed by atoms with Crippen LogP contribution in [0, 0.1) is 0 Å². The molecule has 3 N–H and O–H groups in total. The molecule has 1 aliphatic rings. The van der Waals surface area contributed by atoms with E-state index in [4.69, 9.17) is 10.5 Å². The van der Waals surface area contributed by atoms with Gasteiger partial charge in [0.15, 0.2) is 0 Å². The Labute approximate surface area is 97.9 Å². The van der Waals surface area contributed by atoms with E-state index in [9.17, 15) is 4.79 Å². The Bertz CT molecular complexity index is 236. The number of hydrogen-bond acceptors (Lipinski definition) is 3. The average molecular weight is 228 g/mol. The molecule has 0 radical (unpaired) electrons. The number of nitrogens with one attached hydrogen (secondary N) is 1. The van der Waals surface area contributed by atoms with Gasteiger partial charge in [0.2, 0.25) is 0 Å². The second kappa shape index (κ2) is 5.53. The Kier molecular flexibility index (Phi) is 4.59. The van der Waals surface area contributed by atoms with Crippen LogP contribution in [-0.2, 0) is 4.74 Å². The second-order valence-corrected chi connectivity index (χ2v) is 5.67. The molecule has 94 valence electrons. The van der Waals surface area contributed by atoms with E-state index >= 15 is 0 Å².